The molecular formula is C16H17N3O2. The molecule has 0 bridgehead atoms. The number of nitrogens with one attached hydrogen (secondary N) is 1. The van der Waals surface area contributed by atoms with E-state index in [4.69, 9.17) is 4.52 Å². The molecule has 0 aliphatic rings. The van der Waals surface area contributed by atoms with Crippen LogP contribution in [0.3, 0.4) is 0 Å². The molecule has 1 aromatic carbocycles. The first-order valence-electron chi connectivity index (χ1n) is 6.89. The summed E-state index contributed by atoms with van der Waals surface area (Å²) in [5, 5.41) is 7.69. The average Bonchev–Trinajstić information content (AvgIpc) is 3.01. The monoisotopic (exact) mass is 283 g/mol. The molecule has 0 aliphatic heterocycles. The van der Waals surface area contributed by atoms with Crippen LogP contribution >= 0.6 is 0 Å². The lowest BCUT2D eigenvalue weighted by Crippen LogP contribution is -2.12. The highest BCUT2D eigenvalue weighted by molar-refractivity contribution is 5.90. The predicted molar refractivity (Wildman–Crippen MR) is 81.1 cm³/mol. The van der Waals surface area contributed by atoms with Crippen LogP contribution in [0, 0.1) is 6.92 Å². The number of rotatable bonds is 4. The fourth-order valence-electron chi connectivity index (χ4n) is 2.50. The number of aryl methyl sites for hydroxylation is 3. The van der Waals surface area contributed by atoms with E-state index in [0.29, 0.717) is 24.4 Å². The number of amides is 1. The third-order valence-electron chi connectivity index (χ3n) is 3.50. The third kappa shape index (κ3) is 2.81. The second-order valence-corrected chi connectivity index (χ2v) is 5.15. The zero-order valence-electron chi connectivity index (χ0n) is 12.1. The summed E-state index contributed by atoms with van der Waals surface area (Å²) in [5.74, 6) is 1.09. The Morgan fingerprint density at radius 1 is 1.38 bits per heavy atom. The quantitative estimate of drug-likeness (QED) is 0.800. The van der Waals surface area contributed by atoms with Crippen LogP contribution in [0.5, 0.6) is 0 Å². The molecule has 2 aromatic heterocycles. The molecule has 3 aromatic rings. The zero-order chi connectivity index (χ0) is 14.8. The number of hydrogen-bond acceptors (Lipinski definition) is 3. The molecular weight excluding hydrogens is 266 g/mol. The van der Waals surface area contributed by atoms with Gasteiger partial charge in [-0.1, -0.05) is 23.4 Å². The number of para-hydroxylation sites is 1. The van der Waals surface area contributed by atoms with Crippen LogP contribution in [0.2, 0.25) is 0 Å². The molecule has 0 unspecified atom stereocenters. The van der Waals surface area contributed by atoms with Crippen LogP contribution in [0.15, 0.2) is 41.1 Å². The molecule has 0 atom stereocenters. The van der Waals surface area contributed by atoms with E-state index in [1.807, 2.05) is 19.2 Å². The summed E-state index contributed by atoms with van der Waals surface area (Å²) in [6.45, 7) is 1.79. The van der Waals surface area contributed by atoms with Crippen LogP contribution in [0.25, 0.3) is 10.9 Å². The molecule has 2 heterocycles. The minimum absolute atomic E-state index is 0.0590. The molecule has 0 aliphatic carbocycles. The van der Waals surface area contributed by atoms with E-state index < -0.39 is 0 Å². The van der Waals surface area contributed by atoms with Gasteiger partial charge in [0.15, 0.2) is 5.82 Å². The topological polar surface area (TPSA) is 60.1 Å². The van der Waals surface area contributed by atoms with E-state index in [0.717, 1.165) is 0 Å². The second kappa shape index (κ2) is 5.44. The van der Waals surface area contributed by atoms with E-state index >= 15 is 0 Å². The fraction of sp³-hybridized carbons (Fsp3) is 0.250. The van der Waals surface area contributed by atoms with Gasteiger partial charge in [0, 0.05) is 36.6 Å². The number of nitrogens with zero attached hydrogens (tertiary/aromatic N) is 2. The Balaban J connectivity index is 1.67. The molecule has 3 rings (SSSR count). The maximum Gasteiger partial charge on any atom is 0.225 e. The Labute approximate surface area is 122 Å². The number of anilines is 1. The van der Waals surface area contributed by atoms with E-state index in [-0.39, 0.29) is 5.91 Å². The standard InChI is InChI=1S/C16H17N3O2/c1-11-9-15(18-21-11)17-16(20)8-7-12-10-19(2)14-6-4-3-5-13(12)14/h3-6,9-10H,7-8H2,1-2H3,(H,17,18,20). The predicted octanol–water partition coefficient (Wildman–Crippen LogP) is 3.05. The first-order valence-corrected chi connectivity index (χ1v) is 6.89. The number of hydrogen-bond donors (Lipinski definition) is 1. The highest BCUT2D eigenvalue weighted by Crippen LogP contribution is 2.21. The first-order chi connectivity index (χ1) is 10.1. The average molecular weight is 283 g/mol. The second-order valence-electron chi connectivity index (χ2n) is 5.15. The van der Waals surface area contributed by atoms with Crippen molar-refractivity contribution in [2.45, 2.75) is 19.8 Å². The lowest BCUT2D eigenvalue weighted by molar-refractivity contribution is -0.116. The van der Waals surface area contributed by atoms with Crippen molar-refractivity contribution < 1.29 is 9.32 Å². The largest absolute Gasteiger partial charge is 0.360 e. The number of carbonyl (C=O) groups is 1. The summed E-state index contributed by atoms with van der Waals surface area (Å²) >= 11 is 0. The van der Waals surface area contributed by atoms with Gasteiger partial charge >= 0.3 is 0 Å². The Bertz CT molecular complexity index is 786. The number of fused-ring (bicyclic) bond motifs is 1. The van der Waals surface area contributed by atoms with Crippen molar-refractivity contribution >= 4 is 22.6 Å². The summed E-state index contributed by atoms with van der Waals surface area (Å²) in [6, 6.07) is 9.91. The van der Waals surface area contributed by atoms with Gasteiger partial charge in [0.1, 0.15) is 5.76 Å². The first kappa shape index (κ1) is 13.4. The van der Waals surface area contributed by atoms with Gasteiger partial charge in [-0.05, 0) is 25.0 Å². The lowest BCUT2D eigenvalue weighted by atomic mass is 10.1. The van der Waals surface area contributed by atoms with Crippen LogP contribution in [-0.2, 0) is 18.3 Å². The molecule has 5 nitrogen and oxygen atoms in total. The summed E-state index contributed by atoms with van der Waals surface area (Å²) in [4.78, 5) is 11.9. The summed E-state index contributed by atoms with van der Waals surface area (Å²) < 4.78 is 7.01. The van der Waals surface area contributed by atoms with Gasteiger partial charge in [0.25, 0.3) is 0 Å². The van der Waals surface area contributed by atoms with E-state index in [1.165, 1.54) is 16.5 Å². The maximum atomic E-state index is 11.9. The van der Waals surface area contributed by atoms with Crippen molar-refractivity contribution in [2.24, 2.45) is 7.05 Å². The zero-order valence-corrected chi connectivity index (χ0v) is 12.1. The molecule has 0 spiro atoms. The molecule has 0 fully saturated rings. The van der Waals surface area contributed by atoms with E-state index in [9.17, 15) is 4.79 Å². The Morgan fingerprint density at radius 2 is 2.19 bits per heavy atom. The van der Waals surface area contributed by atoms with E-state index in [1.54, 1.807) is 13.0 Å². The Kier molecular flexibility index (Phi) is 3.48. The lowest BCUT2D eigenvalue weighted by Gasteiger charge is -2.01. The van der Waals surface area contributed by atoms with Crippen molar-refractivity contribution in [1.82, 2.24) is 9.72 Å². The molecule has 0 saturated carbocycles. The van der Waals surface area contributed by atoms with Crippen LogP contribution < -0.4 is 5.32 Å². The highest BCUT2D eigenvalue weighted by Gasteiger charge is 2.10. The maximum absolute atomic E-state index is 11.9. The SMILES string of the molecule is Cc1cc(NC(=O)CCc2cn(C)c3ccccc23)no1. The van der Waals surface area contributed by atoms with Gasteiger partial charge in [-0.25, -0.2) is 0 Å². The number of benzene rings is 1. The Morgan fingerprint density at radius 3 is 2.95 bits per heavy atom. The summed E-state index contributed by atoms with van der Waals surface area (Å²) in [5.41, 5.74) is 2.36. The number of carbonyl (C=O) groups excluding carboxylic acids is 1. The van der Waals surface area contributed by atoms with E-state index in [2.05, 4.69) is 33.4 Å². The van der Waals surface area contributed by atoms with Crippen molar-refractivity contribution in [3.8, 4) is 0 Å². The molecule has 108 valence electrons. The molecule has 1 N–H and O–H groups in total. The third-order valence-corrected chi connectivity index (χ3v) is 3.50. The van der Waals surface area contributed by atoms with Crippen LogP contribution in [0.1, 0.15) is 17.7 Å². The van der Waals surface area contributed by atoms with Gasteiger partial charge in [-0.2, -0.15) is 0 Å². The van der Waals surface area contributed by atoms with Crippen molar-refractivity contribution in [1.29, 1.82) is 0 Å². The number of aromatic nitrogens is 2. The van der Waals surface area contributed by atoms with Gasteiger partial charge in [0.2, 0.25) is 5.91 Å². The van der Waals surface area contributed by atoms with Crippen LogP contribution in [-0.4, -0.2) is 15.6 Å². The molecule has 0 saturated heterocycles. The van der Waals surface area contributed by atoms with Gasteiger partial charge in [-0.3, -0.25) is 4.79 Å². The minimum Gasteiger partial charge on any atom is -0.360 e. The fourth-order valence-corrected chi connectivity index (χ4v) is 2.50. The highest BCUT2D eigenvalue weighted by atomic mass is 16.5. The molecule has 21 heavy (non-hydrogen) atoms. The molecule has 1 amide bonds. The van der Waals surface area contributed by atoms with Crippen molar-refractivity contribution in [3.05, 3.63) is 47.9 Å². The van der Waals surface area contributed by atoms with Crippen LogP contribution in [0.4, 0.5) is 5.82 Å². The smallest absolute Gasteiger partial charge is 0.225 e. The summed E-state index contributed by atoms with van der Waals surface area (Å²) in [6.07, 6.45) is 3.20. The molecule has 0 radical (unpaired) electrons. The van der Waals surface area contributed by atoms with Crippen molar-refractivity contribution in [2.75, 3.05) is 5.32 Å². The normalized spacial score (nSPS) is 11.0. The van der Waals surface area contributed by atoms with Gasteiger partial charge in [0.05, 0.1) is 0 Å². The Hall–Kier alpha value is -2.56. The molecule has 5 heteroatoms. The van der Waals surface area contributed by atoms with Gasteiger partial charge < -0.3 is 14.4 Å². The van der Waals surface area contributed by atoms with Crippen molar-refractivity contribution in [3.63, 3.8) is 0 Å². The minimum atomic E-state index is -0.0590. The van der Waals surface area contributed by atoms with Gasteiger partial charge in [-0.15, -0.1) is 0 Å². The summed E-state index contributed by atoms with van der Waals surface area (Å²) in [7, 11) is 2.02.